The molecule has 1 aromatic heterocycles. The van der Waals surface area contributed by atoms with Crippen molar-refractivity contribution in [2.75, 3.05) is 0 Å². The lowest BCUT2D eigenvalue weighted by atomic mass is 10.0. The van der Waals surface area contributed by atoms with Crippen LogP contribution >= 0.6 is 23.6 Å². The van der Waals surface area contributed by atoms with E-state index in [1.807, 2.05) is 6.08 Å². The van der Waals surface area contributed by atoms with E-state index in [2.05, 4.69) is 16.1 Å². The van der Waals surface area contributed by atoms with Gasteiger partial charge in [0.15, 0.2) is 9.78 Å². The predicted octanol–water partition coefficient (Wildman–Crippen LogP) is 4.66. The minimum atomic E-state index is -0.337. The Labute approximate surface area is 146 Å². The summed E-state index contributed by atoms with van der Waals surface area (Å²) in [6, 6.07) is 5.81. The molecule has 0 saturated heterocycles. The molecular formula is C17H12FN3OS2. The summed E-state index contributed by atoms with van der Waals surface area (Å²) in [4.78, 5) is 9.53. The van der Waals surface area contributed by atoms with Crippen LogP contribution in [0.4, 0.5) is 4.39 Å². The van der Waals surface area contributed by atoms with Gasteiger partial charge in [0.25, 0.3) is 0 Å². The number of allylic oxidation sites excluding steroid dienone is 2. The van der Waals surface area contributed by atoms with Crippen molar-refractivity contribution >= 4 is 41.1 Å². The average Bonchev–Trinajstić information content (AvgIpc) is 3.09. The summed E-state index contributed by atoms with van der Waals surface area (Å²) in [6.45, 7) is 0. The fourth-order valence-corrected chi connectivity index (χ4v) is 3.90. The standard InChI is InChI=1S/C17H12FN3OS2/c18-10-5-7-11(8-6-10)21-16(22)14(24-17(21)23)9-15-19-12-3-1-2-4-13(12)20-15/h1,3,5-9,22H,2,4H2. The Morgan fingerprint density at radius 1 is 1.25 bits per heavy atom. The number of rotatable bonds is 2. The van der Waals surface area contributed by atoms with E-state index in [0.717, 1.165) is 24.3 Å². The van der Waals surface area contributed by atoms with Crippen LogP contribution in [0.25, 0.3) is 11.8 Å². The van der Waals surface area contributed by atoms with Crippen molar-refractivity contribution in [3.05, 3.63) is 56.9 Å². The molecule has 1 aliphatic carbocycles. The van der Waals surface area contributed by atoms with Crippen LogP contribution < -0.4 is 0 Å². The van der Waals surface area contributed by atoms with Crippen LogP contribution in [0.5, 0.6) is 5.88 Å². The van der Waals surface area contributed by atoms with Crippen molar-refractivity contribution in [2.45, 2.75) is 12.8 Å². The Balaban J connectivity index is 1.75. The van der Waals surface area contributed by atoms with E-state index in [4.69, 9.17) is 12.2 Å². The minimum Gasteiger partial charge on any atom is -0.493 e. The van der Waals surface area contributed by atoms with Crippen LogP contribution in [-0.2, 0) is 0 Å². The molecule has 2 heterocycles. The van der Waals surface area contributed by atoms with Crippen molar-refractivity contribution in [3.8, 4) is 11.6 Å². The molecule has 0 radical (unpaired) electrons. The molecule has 1 N–H and O–H groups in total. The molecule has 0 amide bonds. The Kier molecular flexibility index (Phi) is 3.74. The van der Waals surface area contributed by atoms with Crippen molar-refractivity contribution in [2.24, 2.45) is 9.98 Å². The monoisotopic (exact) mass is 357 g/mol. The second-order valence-electron chi connectivity index (χ2n) is 5.37. The molecule has 4 nitrogen and oxygen atoms in total. The van der Waals surface area contributed by atoms with Crippen molar-refractivity contribution < 1.29 is 9.50 Å². The molecule has 0 atom stereocenters. The van der Waals surface area contributed by atoms with Crippen molar-refractivity contribution in [3.63, 3.8) is 0 Å². The first-order valence-electron chi connectivity index (χ1n) is 7.37. The molecule has 0 spiro atoms. The van der Waals surface area contributed by atoms with Crippen LogP contribution in [0.1, 0.15) is 17.7 Å². The molecule has 0 unspecified atom stereocenters. The maximum atomic E-state index is 13.1. The number of aromatic nitrogens is 1. The number of benzene rings is 1. The first-order chi connectivity index (χ1) is 11.6. The number of fused-ring (bicyclic) bond motifs is 1. The van der Waals surface area contributed by atoms with Gasteiger partial charge in [0, 0.05) is 6.08 Å². The van der Waals surface area contributed by atoms with Gasteiger partial charge >= 0.3 is 0 Å². The molecule has 1 aromatic carbocycles. The van der Waals surface area contributed by atoms with E-state index in [-0.39, 0.29) is 11.7 Å². The quantitative estimate of drug-likeness (QED) is 0.795. The van der Waals surface area contributed by atoms with E-state index in [1.165, 1.54) is 28.0 Å². The molecule has 4 rings (SSSR count). The van der Waals surface area contributed by atoms with Crippen LogP contribution in [0.15, 0.2) is 52.2 Å². The molecule has 1 aliphatic heterocycles. The molecule has 0 bridgehead atoms. The third-order valence-corrected chi connectivity index (χ3v) is 5.07. The Bertz CT molecular complexity index is 994. The highest BCUT2D eigenvalue weighted by atomic mass is 32.1. The molecule has 0 fully saturated rings. The number of halogens is 1. The van der Waals surface area contributed by atoms with Crippen LogP contribution in [-0.4, -0.2) is 21.1 Å². The first-order valence-corrected chi connectivity index (χ1v) is 8.60. The number of hydrogen-bond donors (Lipinski definition) is 1. The summed E-state index contributed by atoms with van der Waals surface area (Å²) in [5, 5.41) is 10.5. The second-order valence-corrected chi connectivity index (χ2v) is 7.04. The Hall–Kier alpha value is -2.38. The number of nitrogens with zero attached hydrogens (tertiary/aromatic N) is 3. The topological polar surface area (TPSA) is 49.9 Å². The summed E-state index contributed by atoms with van der Waals surface area (Å²) in [5.74, 6) is 0.231. The van der Waals surface area contributed by atoms with Gasteiger partial charge < -0.3 is 5.11 Å². The average molecular weight is 357 g/mol. The normalized spacial score (nSPS) is 17.8. The number of aromatic hydroxyl groups is 1. The largest absolute Gasteiger partial charge is 0.493 e. The third kappa shape index (κ3) is 2.65. The highest BCUT2D eigenvalue weighted by Gasteiger charge is 2.18. The van der Waals surface area contributed by atoms with Crippen molar-refractivity contribution in [1.29, 1.82) is 0 Å². The highest BCUT2D eigenvalue weighted by molar-refractivity contribution is 7.73. The second kappa shape index (κ2) is 5.92. The highest BCUT2D eigenvalue weighted by Crippen LogP contribution is 2.32. The van der Waals surface area contributed by atoms with E-state index in [9.17, 15) is 9.50 Å². The molecular weight excluding hydrogens is 345 g/mol. The van der Waals surface area contributed by atoms with E-state index in [0.29, 0.717) is 20.3 Å². The fourth-order valence-electron chi connectivity index (χ4n) is 2.62. The van der Waals surface area contributed by atoms with Gasteiger partial charge in [-0.25, -0.2) is 14.4 Å². The minimum absolute atomic E-state index is 0.00919. The lowest BCUT2D eigenvalue weighted by Gasteiger charge is -2.04. The zero-order valence-electron chi connectivity index (χ0n) is 12.4. The lowest BCUT2D eigenvalue weighted by molar-refractivity contribution is 0.441. The van der Waals surface area contributed by atoms with Gasteiger partial charge in [0.1, 0.15) is 5.82 Å². The van der Waals surface area contributed by atoms with E-state index >= 15 is 0 Å². The maximum Gasteiger partial charge on any atom is 0.215 e. The van der Waals surface area contributed by atoms with Crippen LogP contribution in [0.2, 0.25) is 0 Å². The first kappa shape index (κ1) is 15.2. The Morgan fingerprint density at radius 3 is 2.79 bits per heavy atom. The molecule has 0 saturated carbocycles. The molecule has 7 heteroatoms. The molecule has 120 valence electrons. The summed E-state index contributed by atoms with van der Waals surface area (Å²) < 4.78 is 15.1. The molecule has 2 aliphatic rings. The van der Waals surface area contributed by atoms with Gasteiger partial charge in [-0.1, -0.05) is 6.08 Å². The van der Waals surface area contributed by atoms with E-state index in [1.54, 1.807) is 18.2 Å². The maximum absolute atomic E-state index is 13.1. The van der Waals surface area contributed by atoms with Crippen molar-refractivity contribution in [1.82, 2.24) is 4.57 Å². The zero-order valence-corrected chi connectivity index (χ0v) is 14.1. The molecule has 24 heavy (non-hydrogen) atoms. The van der Waals surface area contributed by atoms with Gasteiger partial charge in [0.2, 0.25) is 5.88 Å². The van der Waals surface area contributed by atoms with Gasteiger partial charge in [-0.05, 0) is 55.4 Å². The van der Waals surface area contributed by atoms with Gasteiger partial charge in [-0.15, -0.1) is 11.3 Å². The SMILES string of the molecule is Oc1c(C=C2N=C3C=CCCC3=N2)sc(=S)n1-c1ccc(F)cc1. The summed E-state index contributed by atoms with van der Waals surface area (Å²) in [6.07, 6.45) is 7.62. The lowest BCUT2D eigenvalue weighted by Crippen LogP contribution is -2.10. The zero-order chi connectivity index (χ0) is 16.7. The van der Waals surface area contributed by atoms with Gasteiger partial charge in [-0.3, -0.25) is 4.57 Å². The number of hydrogen-bond acceptors (Lipinski definition) is 5. The third-order valence-electron chi connectivity index (χ3n) is 3.76. The van der Waals surface area contributed by atoms with Gasteiger partial charge in [-0.2, -0.15) is 0 Å². The Morgan fingerprint density at radius 2 is 2.04 bits per heavy atom. The van der Waals surface area contributed by atoms with Crippen LogP contribution in [0.3, 0.4) is 0 Å². The fraction of sp³-hybridized carbons (Fsp3) is 0.118. The van der Waals surface area contributed by atoms with Gasteiger partial charge in [0.05, 0.1) is 22.0 Å². The predicted molar refractivity (Wildman–Crippen MR) is 97.3 cm³/mol. The number of aliphatic imine (C=N–C) groups is 2. The number of thiazole rings is 1. The van der Waals surface area contributed by atoms with E-state index < -0.39 is 0 Å². The van der Waals surface area contributed by atoms with Crippen LogP contribution in [0, 0.1) is 9.77 Å². The smallest absolute Gasteiger partial charge is 0.215 e. The molecule has 2 aromatic rings. The summed E-state index contributed by atoms with van der Waals surface area (Å²) in [7, 11) is 0. The summed E-state index contributed by atoms with van der Waals surface area (Å²) in [5.41, 5.74) is 2.47. The summed E-state index contributed by atoms with van der Waals surface area (Å²) >= 11 is 6.60.